The number of hydrogen-bond donors (Lipinski definition) is 2. The molecule has 1 aromatic carbocycles. The monoisotopic (exact) mass is 277 g/mol. The van der Waals surface area contributed by atoms with E-state index in [4.69, 9.17) is 11.6 Å². The molecule has 2 rings (SSSR count). The number of aromatic nitrogens is 2. The molecule has 0 aliphatic rings. The fourth-order valence-corrected chi connectivity index (χ4v) is 1.64. The van der Waals surface area contributed by atoms with E-state index in [1.54, 1.807) is 12.4 Å². The predicted molar refractivity (Wildman–Crippen MR) is 71.1 cm³/mol. The fourth-order valence-electron chi connectivity index (χ4n) is 1.47. The molecule has 1 amide bonds. The van der Waals surface area contributed by atoms with Crippen molar-refractivity contribution in [3.63, 3.8) is 0 Å². The third kappa shape index (κ3) is 3.42. The molecular weight excluding hydrogens is 266 g/mol. The summed E-state index contributed by atoms with van der Waals surface area (Å²) >= 11 is 5.78. The zero-order valence-electron chi connectivity index (χ0n) is 10.2. The minimum Gasteiger partial charge on any atom is -0.507 e. The van der Waals surface area contributed by atoms with Crippen LogP contribution in [0.15, 0.2) is 30.6 Å². The third-order valence-corrected chi connectivity index (χ3v) is 2.70. The number of phenols is 1. The van der Waals surface area contributed by atoms with E-state index in [0.29, 0.717) is 10.7 Å². The SMILES string of the molecule is Cc1cnc(CNC(=O)c2cc(Cl)ccc2O)cn1. The Balaban J connectivity index is 2.05. The van der Waals surface area contributed by atoms with E-state index in [-0.39, 0.29) is 17.9 Å². The molecule has 2 aromatic rings. The number of nitrogens with zero attached hydrogens (tertiary/aromatic N) is 2. The minimum absolute atomic E-state index is 0.114. The van der Waals surface area contributed by atoms with Gasteiger partial charge in [-0.25, -0.2) is 0 Å². The lowest BCUT2D eigenvalue weighted by atomic mass is 10.2. The van der Waals surface area contributed by atoms with Crippen molar-refractivity contribution in [1.82, 2.24) is 15.3 Å². The predicted octanol–water partition coefficient (Wildman–Crippen LogP) is 2.07. The van der Waals surface area contributed by atoms with Crippen LogP contribution in [0.4, 0.5) is 0 Å². The number of carbonyl (C=O) groups excluding carboxylic acids is 1. The maximum atomic E-state index is 11.9. The van der Waals surface area contributed by atoms with Gasteiger partial charge in [-0.3, -0.25) is 14.8 Å². The van der Waals surface area contributed by atoms with Gasteiger partial charge in [-0.05, 0) is 25.1 Å². The van der Waals surface area contributed by atoms with E-state index in [1.807, 2.05) is 6.92 Å². The Morgan fingerprint density at radius 2 is 2.16 bits per heavy atom. The van der Waals surface area contributed by atoms with Crippen molar-refractivity contribution in [3.05, 3.63) is 52.6 Å². The van der Waals surface area contributed by atoms with Gasteiger partial charge in [0, 0.05) is 11.2 Å². The number of carbonyl (C=O) groups is 1. The van der Waals surface area contributed by atoms with Crippen molar-refractivity contribution < 1.29 is 9.90 Å². The second-order valence-corrected chi connectivity index (χ2v) is 4.43. The highest BCUT2D eigenvalue weighted by molar-refractivity contribution is 6.31. The summed E-state index contributed by atoms with van der Waals surface area (Å²) in [6.45, 7) is 2.07. The van der Waals surface area contributed by atoms with Crippen molar-refractivity contribution in [1.29, 1.82) is 0 Å². The van der Waals surface area contributed by atoms with Crippen LogP contribution in [0.3, 0.4) is 0 Å². The van der Waals surface area contributed by atoms with Crippen molar-refractivity contribution >= 4 is 17.5 Å². The average Bonchev–Trinajstić information content (AvgIpc) is 2.40. The van der Waals surface area contributed by atoms with Crippen molar-refractivity contribution in [2.24, 2.45) is 0 Å². The standard InChI is InChI=1S/C13H12ClN3O2/c1-8-5-16-10(6-15-8)7-17-13(19)11-4-9(14)2-3-12(11)18/h2-6,18H,7H2,1H3,(H,17,19). The van der Waals surface area contributed by atoms with E-state index < -0.39 is 5.91 Å². The first kappa shape index (κ1) is 13.3. The van der Waals surface area contributed by atoms with Crippen LogP contribution in [0.1, 0.15) is 21.7 Å². The third-order valence-electron chi connectivity index (χ3n) is 2.47. The van der Waals surface area contributed by atoms with Crippen LogP contribution < -0.4 is 5.32 Å². The number of hydrogen-bond acceptors (Lipinski definition) is 4. The van der Waals surface area contributed by atoms with E-state index in [0.717, 1.165) is 5.69 Å². The summed E-state index contributed by atoms with van der Waals surface area (Å²) in [6.07, 6.45) is 3.21. The molecule has 98 valence electrons. The zero-order valence-corrected chi connectivity index (χ0v) is 11.0. The Kier molecular flexibility index (Phi) is 3.97. The Labute approximate surface area is 115 Å². The van der Waals surface area contributed by atoms with Crippen LogP contribution in [-0.4, -0.2) is 21.0 Å². The number of rotatable bonds is 3. The fraction of sp³-hybridized carbons (Fsp3) is 0.154. The van der Waals surface area contributed by atoms with Gasteiger partial charge in [0.2, 0.25) is 0 Å². The number of aromatic hydroxyl groups is 1. The lowest BCUT2D eigenvalue weighted by Gasteiger charge is -2.06. The first-order chi connectivity index (χ1) is 9.06. The molecule has 6 heteroatoms. The quantitative estimate of drug-likeness (QED) is 0.901. The topological polar surface area (TPSA) is 75.1 Å². The van der Waals surface area contributed by atoms with Gasteiger partial charge in [0.1, 0.15) is 5.75 Å². The molecule has 0 saturated carbocycles. The number of nitrogens with one attached hydrogen (secondary N) is 1. The van der Waals surface area contributed by atoms with E-state index in [2.05, 4.69) is 15.3 Å². The summed E-state index contributed by atoms with van der Waals surface area (Å²) in [5.74, 6) is -0.528. The molecule has 2 N–H and O–H groups in total. The molecule has 5 nitrogen and oxygen atoms in total. The second-order valence-electron chi connectivity index (χ2n) is 3.99. The van der Waals surface area contributed by atoms with Gasteiger partial charge in [-0.1, -0.05) is 11.6 Å². The first-order valence-electron chi connectivity index (χ1n) is 5.60. The van der Waals surface area contributed by atoms with Gasteiger partial charge in [-0.2, -0.15) is 0 Å². The molecule has 0 radical (unpaired) electrons. The zero-order chi connectivity index (χ0) is 13.8. The van der Waals surface area contributed by atoms with Crippen LogP contribution in [0.25, 0.3) is 0 Å². The van der Waals surface area contributed by atoms with Crippen molar-refractivity contribution in [3.8, 4) is 5.75 Å². The Bertz CT molecular complexity index is 599. The first-order valence-corrected chi connectivity index (χ1v) is 5.98. The highest BCUT2D eigenvalue weighted by Gasteiger charge is 2.11. The number of halogens is 1. The molecule has 0 bridgehead atoms. The van der Waals surface area contributed by atoms with Crippen molar-refractivity contribution in [2.75, 3.05) is 0 Å². The number of amides is 1. The molecule has 0 atom stereocenters. The number of aryl methyl sites for hydroxylation is 1. The van der Waals surface area contributed by atoms with E-state index >= 15 is 0 Å². The van der Waals surface area contributed by atoms with E-state index in [9.17, 15) is 9.90 Å². The van der Waals surface area contributed by atoms with E-state index in [1.165, 1.54) is 18.2 Å². The molecule has 0 fully saturated rings. The molecule has 0 aliphatic carbocycles. The Morgan fingerprint density at radius 1 is 1.37 bits per heavy atom. The summed E-state index contributed by atoms with van der Waals surface area (Å²) in [7, 11) is 0. The molecule has 0 aliphatic heterocycles. The van der Waals surface area contributed by atoms with Gasteiger partial charge < -0.3 is 10.4 Å². The highest BCUT2D eigenvalue weighted by Crippen LogP contribution is 2.21. The number of benzene rings is 1. The normalized spacial score (nSPS) is 10.2. The summed E-state index contributed by atoms with van der Waals surface area (Å²) in [5.41, 5.74) is 1.58. The van der Waals surface area contributed by atoms with Crippen LogP contribution in [0, 0.1) is 6.92 Å². The molecular formula is C13H12ClN3O2. The lowest BCUT2D eigenvalue weighted by Crippen LogP contribution is -2.23. The Morgan fingerprint density at radius 3 is 2.84 bits per heavy atom. The smallest absolute Gasteiger partial charge is 0.255 e. The summed E-state index contributed by atoms with van der Waals surface area (Å²) < 4.78 is 0. The molecule has 0 spiro atoms. The summed E-state index contributed by atoms with van der Waals surface area (Å²) in [5, 5.41) is 12.6. The molecule has 1 heterocycles. The summed E-state index contributed by atoms with van der Waals surface area (Å²) in [6, 6.07) is 4.30. The lowest BCUT2D eigenvalue weighted by molar-refractivity contribution is 0.0947. The molecule has 19 heavy (non-hydrogen) atoms. The molecule has 0 saturated heterocycles. The Hall–Kier alpha value is -2.14. The number of phenolic OH excluding ortho intramolecular Hbond substituents is 1. The van der Waals surface area contributed by atoms with Gasteiger partial charge in [0.15, 0.2) is 0 Å². The minimum atomic E-state index is -0.414. The van der Waals surface area contributed by atoms with Crippen LogP contribution in [0.5, 0.6) is 5.75 Å². The highest BCUT2D eigenvalue weighted by atomic mass is 35.5. The maximum Gasteiger partial charge on any atom is 0.255 e. The molecule has 1 aromatic heterocycles. The maximum absolute atomic E-state index is 11.9. The molecule has 0 unspecified atom stereocenters. The average molecular weight is 278 g/mol. The van der Waals surface area contributed by atoms with Crippen molar-refractivity contribution in [2.45, 2.75) is 13.5 Å². The van der Waals surface area contributed by atoms with Gasteiger partial charge in [-0.15, -0.1) is 0 Å². The van der Waals surface area contributed by atoms with Crippen LogP contribution in [-0.2, 0) is 6.54 Å². The van der Waals surface area contributed by atoms with Crippen LogP contribution >= 0.6 is 11.6 Å². The van der Waals surface area contributed by atoms with Gasteiger partial charge in [0.25, 0.3) is 5.91 Å². The van der Waals surface area contributed by atoms with Crippen LogP contribution in [0.2, 0.25) is 5.02 Å². The largest absolute Gasteiger partial charge is 0.507 e. The van der Waals surface area contributed by atoms with Gasteiger partial charge in [0.05, 0.1) is 29.7 Å². The second kappa shape index (κ2) is 5.67. The summed E-state index contributed by atoms with van der Waals surface area (Å²) in [4.78, 5) is 20.1. The van der Waals surface area contributed by atoms with Gasteiger partial charge >= 0.3 is 0 Å².